The third-order valence-electron chi connectivity index (χ3n) is 7.59. The summed E-state index contributed by atoms with van der Waals surface area (Å²) in [5.74, 6) is 2.27. The minimum atomic E-state index is 0.232. The number of amides is 1. The van der Waals surface area contributed by atoms with Crippen LogP contribution in [0.2, 0.25) is 0 Å². The molecule has 4 nitrogen and oxygen atoms in total. The molecule has 2 heterocycles. The summed E-state index contributed by atoms with van der Waals surface area (Å²) in [7, 11) is 4.24. The number of hydrogen-bond donors (Lipinski definition) is 0. The maximum absolute atomic E-state index is 12.0. The van der Waals surface area contributed by atoms with Crippen LogP contribution in [0.1, 0.15) is 66.7 Å². The van der Waals surface area contributed by atoms with E-state index in [9.17, 15) is 4.79 Å². The molecule has 0 aromatic carbocycles. The Labute approximate surface area is 162 Å². The quantitative estimate of drug-likeness (QED) is 0.688. The molecule has 0 aliphatic carbocycles. The summed E-state index contributed by atoms with van der Waals surface area (Å²) in [5.41, 5.74) is 0.232. The van der Waals surface area contributed by atoms with E-state index in [4.69, 9.17) is 0 Å². The SMILES string of the molecule is CC(CCN(C)C(C)(C)[C@H]1CCCN(C(C)C)C1)[C@H]1CCN(C)C(=O)C1. The van der Waals surface area contributed by atoms with Gasteiger partial charge >= 0.3 is 0 Å². The molecule has 0 spiro atoms. The molecule has 0 N–H and O–H groups in total. The molecule has 2 saturated heterocycles. The van der Waals surface area contributed by atoms with Crippen molar-refractivity contribution in [1.82, 2.24) is 14.7 Å². The Morgan fingerprint density at radius 2 is 1.88 bits per heavy atom. The zero-order chi connectivity index (χ0) is 19.5. The number of nitrogens with zero attached hydrogens (tertiary/aromatic N) is 3. The second kappa shape index (κ2) is 9.05. The molecule has 0 bridgehead atoms. The van der Waals surface area contributed by atoms with E-state index >= 15 is 0 Å². The maximum atomic E-state index is 12.0. The van der Waals surface area contributed by atoms with Crippen LogP contribution in [-0.2, 0) is 4.79 Å². The van der Waals surface area contributed by atoms with Gasteiger partial charge in [-0.25, -0.2) is 0 Å². The van der Waals surface area contributed by atoms with E-state index in [2.05, 4.69) is 51.5 Å². The Bertz CT molecular complexity index is 462. The first-order valence-corrected chi connectivity index (χ1v) is 10.8. The predicted octanol–water partition coefficient (Wildman–Crippen LogP) is 3.71. The van der Waals surface area contributed by atoms with Crippen LogP contribution in [-0.4, -0.2) is 72.5 Å². The van der Waals surface area contributed by atoms with E-state index in [1.54, 1.807) is 0 Å². The van der Waals surface area contributed by atoms with Gasteiger partial charge in [0.25, 0.3) is 0 Å². The van der Waals surface area contributed by atoms with Crippen molar-refractivity contribution in [3.05, 3.63) is 0 Å². The van der Waals surface area contributed by atoms with E-state index in [-0.39, 0.29) is 5.54 Å². The molecule has 0 radical (unpaired) electrons. The van der Waals surface area contributed by atoms with E-state index in [1.165, 1.54) is 38.8 Å². The molecule has 3 atom stereocenters. The first-order chi connectivity index (χ1) is 12.1. The Hall–Kier alpha value is -0.610. The molecular formula is C22H43N3O. The van der Waals surface area contributed by atoms with Crippen LogP contribution in [0.3, 0.4) is 0 Å². The van der Waals surface area contributed by atoms with E-state index in [0.29, 0.717) is 23.8 Å². The second-order valence-electron chi connectivity index (χ2n) is 9.84. The van der Waals surface area contributed by atoms with Gasteiger partial charge in [0.15, 0.2) is 0 Å². The molecule has 152 valence electrons. The average Bonchev–Trinajstić information content (AvgIpc) is 2.61. The molecule has 2 aliphatic heterocycles. The third kappa shape index (κ3) is 5.22. The van der Waals surface area contributed by atoms with Crippen molar-refractivity contribution in [2.75, 3.05) is 40.3 Å². The van der Waals surface area contributed by atoms with Gasteiger partial charge in [0, 0.05) is 38.1 Å². The van der Waals surface area contributed by atoms with Gasteiger partial charge in [0.2, 0.25) is 5.91 Å². The molecule has 1 unspecified atom stereocenters. The highest BCUT2D eigenvalue weighted by Gasteiger charge is 2.37. The number of piperidine rings is 2. The Morgan fingerprint density at radius 1 is 1.19 bits per heavy atom. The summed E-state index contributed by atoms with van der Waals surface area (Å²) in [4.78, 5) is 19.1. The fraction of sp³-hybridized carbons (Fsp3) is 0.955. The molecule has 0 aromatic rings. The minimum Gasteiger partial charge on any atom is -0.346 e. The van der Waals surface area contributed by atoms with Crippen molar-refractivity contribution in [3.63, 3.8) is 0 Å². The van der Waals surface area contributed by atoms with Gasteiger partial charge in [-0.2, -0.15) is 0 Å². The van der Waals surface area contributed by atoms with Crippen molar-refractivity contribution in [1.29, 1.82) is 0 Å². The number of carbonyl (C=O) groups is 1. The van der Waals surface area contributed by atoms with E-state index < -0.39 is 0 Å². The zero-order valence-electron chi connectivity index (χ0n) is 18.4. The molecule has 1 amide bonds. The van der Waals surface area contributed by atoms with Crippen molar-refractivity contribution in [2.45, 2.75) is 78.3 Å². The smallest absolute Gasteiger partial charge is 0.222 e. The predicted molar refractivity (Wildman–Crippen MR) is 110 cm³/mol. The van der Waals surface area contributed by atoms with Gasteiger partial charge in [-0.3, -0.25) is 4.79 Å². The normalized spacial score (nSPS) is 27.4. The summed E-state index contributed by atoms with van der Waals surface area (Å²) in [6, 6.07) is 0.654. The van der Waals surface area contributed by atoms with Gasteiger partial charge in [-0.15, -0.1) is 0 Å². The molecule has 2 fully saturated rings. The number of hydrogen-bond acceptors (Lipinski definition) is 3. The lowest BCUT2D eigenvalue weighted by molar-refractivity contribution is -0.134. The molecule has 0 aromatic heterocycles. The topological polar surface area (TPSA) is 26.8 Å². The van der Waals surface area contributed by atoms with Gasteiger partial charge in [0.1, 0.15) is 0 Å². The molecule has 26 heavy (non-hydrogen) atoms. The molecule has 2 rings (SSSR count). The zero-order valence-corrected chi connectivity index (χ0v) is 18.4. The fourth-order valence-electron chi connectivity index (χ4n) is 4.74. The summed E-state index contributed by atoms with van der Waals surface area (Å²) in [6.45, 7) is 16.4. The second-order valence-corrected chi connectivity index (χ2v) is 9.84. The Balaban J connectivity index is 1.85. The van der Waals surface area contributed by atoms with Gasteiger partial charge in [-0.1, -0.05) is 6.92 Å². The minimum absolute atomic E-state index is 0.232. The Kier molecular flexibility index (Phi) is 7.55. The highest BCUT2D eigenvalue weighted by Crippen LogP contribution is 2.33. The van der Waals surface area contributed by atoms with Crippen molar-refractivity contribution >= 4 is 5.91 Å². The van der Waals surface area contributed by atoms with Gasteiger partial charge in [0.05, 0.1) is 0 Å². The van der Waals surface area contributed by atoms with Crippen LogP contribution >= 0.6 is 0 Å². The summed E-state index contributed by atoms with van der Waals surface area (Å²) < 4.78 is 0. The van der Waals surface area contributed by atoms with Gasteiger partial charge in [-0.05, 0) is 91.3 Å². The molecule has 4 heteroatoms. The van der Waals surface area contributed by atoms with Crippen LogP contribution in [0.5, 0.6) is 0 Å². The first-order valence-electron chi connectivity index (χ1n) is 10.8. The van der Waals surface area contributed by atoms with E-state index in [1.807, 2.05) is 11.9 Å². The molecule has 0 saturated carbocycles. The fourth-order valence-corrected chi connectivity index (χ4v) is 4.74. The summed E-state index contributed by atoms with van der Waals surface area (Å²) in [6.07, 6.45) is 5.79. The highest BCUT2D eigenvalue weighted by molar-refractivity contribution is 5.76. The number of rotatable bonds is 7. The van der Waals surface area contributed by atoms with Crippen molar-refractivity contribution in [3.8, 4) is 0 Å². The van der Waals surface area contributed by atoms with Gasteiger partial charge < -0.3 is 14.7 Å². The van der Waals surface area contributed by atoms with Crippen LogP contribution in [0.4, 0.5) is 0 Å². The average molecular weight is 366 g/mol. The largest absolute Gasteiger partial charge is 0.346 e. The summed E-state index contributed by atoms with van der Waals surface area (Å²) >= 11 is 0. The number of carbonyl (C=O) groups excluding carboxylic acids is 1. The first kappa shape index (κ1) is 21.7. The molecular weight excluding hydrogens is 322 g/mol. The monoisotopic (exact) mass is 365 g/mol. The Morgan fingerprint density at radius 3 is 2.50 bits per heavy atom. The van der Waals surface area contributed by atoms with Crippen LogP contribution < -0.4 is 0 Å². The van der Waals surface area contributed by atoms with Crippen LogP contribution in [0.25, 0.3) is 0 Å². The third-order valence-corrected chi connectivity index (χ3v) is 7.59. The molecule has 2 aliphatic rings. The van der Waals surface area contributed by atoms with Crippen LogP contribution in [0, 0.1) is 17.8 Å². The maximum Gasteiger partial charge on any atom is 0.222 e. The van der Waals surface area contributed by atoms with Crippen molar-refractivity contribution < 1.29 is 4.79 Å². The number of likely N-dealkylation sites (tertiary alicyclic amines) is 2. The summed E-state index contributed by atoms with van der Waals surface area (Å²) in [5, 5.41) is 0. The van der Waals surface area contributed by atoms with Crippen LogP contribution in [0.15, 0.2) is 0 Å². The lowest BCUT2D eigenvalue weighted by atomic mass is 9.79. The lowest BCUT2D eigenvalue weighted by Gasteiger charge is -2.47. The standard InChI is InChI=1S/C22H43N3O/c1-17(2)25-12-8-9-20(16-25)22(4,5)24(7)14-10-18(3)19-11-13-23(6)21(26)15-19/h17-20H,8-16H2,1-7H3/t18?,19-,20-/m0/s1. The lowest BCUT2D eigenvalue weighted by Crippen LogP contribution is -2.54. The van der Waals surface area contributed by atoms with Crippen molar-refractivity contribution in [2.24, 2.45) is 17.8 Å². The van der Waals surface area contributed by atoms with E-state index in [0.717, 1.165) is 25.4 Å². The highest BCUT2D eigenvalue weighted by atomic mass is 16.2.